The largest absolute Gasteiger partial charge is 0.586 e. The van der Waals surface area contributed by atoms with Gasteiger partial charge in [0.15, 0.2) is 11.5 Å². The lowest BCUT2D eigenvalue weighted by molar-refractivity contribution is -0.286. The molecule has 0 unspecified atom stereocenters. The number of anilines is 1. The minimum absolute atomic E-state index is 0.0910. The van der Waals surface area contributed by atoms with Crippen molar-refractivity contribution in [3.63, 3.8) is 0 Å². The molecular weight excluding hydrogens is 384 g/mol. The molecule has 0 bridgehead atoms. The van der Waals surface area contributed by atoms with Crippen LogP contribution in [0.5, 0.6) is 11.5 Å². The number of halogens is 2. The van der Waals surface area contributed by atoms with Gasteiger partial charge in [-0.25, -0.2) is 0 Å². The monoisotopic (exact) mass is 405 g/mol. The highest BCUT2D eigenvalue weighted by Gasteiger charge is 2.43. The number of ether oxygens (including phenoxy) is 2. The molecule has 1 fully saturated rings. The third-order valence-corrected chi connectivity index (χ3v) is 6.16. The van der Waals surface area contributed by atoms with Crippen molar-refractivity contribution >= 4 is 21.8 Å². The summed E-state index contributed by atoms with van der Waals surface area (Å²) in [6, 6.07) is 3.83. The van der Waals surface area contributed by atoms with Gasteiger partial charge in [0, 0.05) is 37.8 Å². The summed E-state index contributed by atoms with van der Waals surface area (Å²) in [5.74, 6) is -0.752. The van der Waals surface area contributed by atoms with Crippen LogP contribution < -0.4 is 19.5 Å². The molecule has 2 N–H and O–H groups in total. The van der Waals surface area contributed by atoms with Crippen molar-refractivity contribution in [2.45, 2.75) is 38.0 Å². The molecule has 1 saturated carbocycles. The minimum atomic E-state index is -3.71. The van der Waals surface area contributed by atoms with Crippen molar-refractivity contribution in [3.8, 4) is 11.5 Å². The normalized spacial score (nSPS) is 24.0. The maximum atomic E-state index is 13.0. The van der Waals surface area contributed by atoms with Gasteiger partial charge in [-0.15, -0.1) is 8.78 Å². The van der Waals surface area contributed by atoms with Crippen LogP contribution in [-0.4, -0.2) is 45.1 Å². The van der Waals surface area contributed by atoms with E-state index in [1.807, 2.05) is 0 Å². The Bertz CT molecular complexity index is 823. The van der Waals surface area contributed by atoms with Crippen LogP contribution in [0, 0.1) is 5.92 Å². The van der Waals surface area contributed by atoms with Crippen molar-refractivity contribution in [2.75, 3.05) is 19.4 Å². The van der Waals surface area contributed by atoms with Crippen molar-refractivity contribution in [1.82, 2.24) is 9.03 Å². The van der Waals surface area contributed by atoms with Crippen molar-refractivity contribution in [2.24, 2.45) is 5.92 Å². The third-order valence-electron chi connectivity index (χ3n) is 4.56. The summed E-state index contributed by atoms with van der Waals surface area (Å²) in [5.41, 5.74) is 0.329. The van der Waals surface area contributed by atoms with Crippen LogP contribution in [0.2, 0.25) is 0 Å². The number of amides is 1. The van der Waals surface area contributed by atoms with Crippen LogP contribution in [0.3, 0.4) is 0 Å². The standard InChI is InChI=1S/C16H21F2N3O5S/c1-21(2)27(23,24)20-11-5-3-10(4-6-11)15(22)19-12-7-8-13-14(9-12)26-16(17,18)25-13/h7-11,20H,3-6H2,1-2H3,(H,19,22)/t10-,11-. The van der Waals surface area contributed by atoms with Gasteiger partial charge in [-0.05, 0) is 37.8 Å². The van der Waals surface area contributed by atoms with Gasteiger partial charge in [-0.3, -0.25) is 4.79 Å². The highest BCUT2D eigenvalue weighted by Crippen LogP contribution is 2.42. The quantitative estimate of drug-likeness (QED) is 0.780. The van der Waals surface area contributed by atoms with E-state index in [0.717, 1.165) is 4.31 Å². The molecule has 1 amide bonds. The summed E-state index contributed by atoms with van der Waals surface area (Å²) in [7, 11) is -0.610. The Morgan fingerprint density at radius 2 is 1.78 bits per heavy atom. The lowest BCUT2D eigenvalue weighted by Gasteiger charge is -2.29. The van der Waals surface area contributed by atoms with Crippen molar-refractivity contribution < 1.29 is 31.5 Å². The van der Waals surface area contributed by atoms with Crippen LogP contribution in [-0.2, 0) is 15.0 Å². The van der Waals surface area contributed by atoms with Crippen LogP contribution in [0.15, 0.2) is 18.2 Å². The molecule has 1 aliphatic heterocycles. The smallest absolute Gasteiger partial charge is 0.395 e. The second kappa shape index (κ2) is 7.21. The summed E-state index contributed by atoms with van der Waals surface area (Å²) in [5, 5.41) is 2.68. The number of carbonyl (C=O) groups excluding carboxylic acids is 1. The van der Waals surface area contributed by atoms with E-state index in [2.05, 4.69) is 19.5 Å². The molecule has 8 nitrogen and oxygen atoms in total. The highest BCUT2D eigenvalue weighted by molar-refractivity contribution is 7.87. The van der Waals surface area contributed by atoms with Gasteiger partial charge in [0.05, 0.1) is 0 Å². The van der Waals surface area contributed by atoms with Crippen LogP contribution in [0.25, 0.3) is 0 Å². The third kappa shape index (κ3) is 4.66. The summed E-state index contributed by atoms with van der Waals surface area (Å²) < 4.78 is 62.2. The van der Waals surface area contributed by atoms with Crippen molar-refractivity contribution in [3.05, 3.63) is 18.2 Å². The Balaban J connectivity index is 1.54. The fraction of sp³-hybridized carbons (Fsp3) is 0.562. The fourth-order valence-electron chi connectivity index (χ4n) is 3.06. The molecule has 0 spiro atoms. The molecule has 11 heteroatoms. The van der Waals surface area contributed by atoms with Gasteiger partial charge in [-0.1, -0.05) is 0 Å². The van der Waals surface area contributed by atoms with Gasteiger partial charge >= 0.3 is 6.29 Å². The fourth-order valence-corrected chi connectivity index (χ4v) is 3.93. The first-order valence-electron chi connectivity index (χ1n) is 8.46. The zero-order valence-electron chi connectivity index (χ0n) is 14.9. The minimum Gasteiger partial charge on any atom is -0.395 e. The van der Waals surface area contributed by atoms with E-state index >= 15 is 0 Å². The van der Waals surface area contributed by atoms with E-state index in [-0.39, 0.29) is 29.4 Å². The topological polar surface area (TPSA) is 97.0 Å². The summed E-state index contributed by atoms with van der Waals surface area (Å²) in [6.07, 6.45) is -1.58. The number of benzene rings is 1. The number of hydrogen-bond acceptors (Lipinski definition) is 5. The molecular formula is C16H21F2N3O5S. The number of nitrogens with zero attached hydrogens (tertiary/aromatic N) is 1. The zero-order chi connectivity index (χ0) is 19.8. The Labute approximate surface area is 156 Å². The second-order valence-electron chi connectivity index (χ2n) is 6.77. The van der Waals surface area contributed by atoms with Gasteiger partial charge in [-0.2, -0.15) is 17.4 Å². The van der Waals surface area contributed by atoms with Gasteiger partial charge in [0.25, 0.3) is 10.2 Å². The van der Waals surface area contributed by atoms with E-state index in [4.69, 9.17) is 0 Å². The SMILES string of the molecule is CN(C)S(=O)(=O)N[C@H]1CC[C@H](C(=O)Nc2ccc3c(c2)OC(F)(F)O3)CC1. The molecule has 3 rings (SSSR count). The Kier molecular flexibility index (Phi) is 5.28. The van der Waals surface area contributed by atoms with Gasteiger partial charge < -0.3 is 14.8 Å². The summed E-state index contributed by atoms with van der Waals surface area (Å²) in [4.78, 5) is 12.4. The molecule has 1 aromatic carbocycles. The lowest BCUT2D eigenvalue weighted by atomic mass is 9.86. The summed E-state index contributed by atoms with van der Waals surface area (Å²) in [6.45, 7) is 0. The van der Waals surface area contributed by atoms with Crippen LogP contribution in [0.1, 0.15) is 25.7 Å². The first-order chi connectivity index (χ1) is 12.6. The predicted octanol–water partition coefficient (Wildman–Crippen LogP) is 1.90. The lowest BCUT2D eigenvalue weighted by Crippen LogP contribution is -2.44. The van der Waals surface area contributed by atoms with E-state index in [1.165, 1.54) is 32.3 Å². The van der Waals surface area contributed by atoms with Crippen molar-refractivity contribution in [1.29, 1.82) is 0 Å². The molecule has 0 atom stereocenters. The Hall–Kier alpha value is -1.98. The molecule has 0 saturated heterocycles. The molecule has 1 aromatic rings. The second-order valence-corrected chi connectivity index (χ2v) is 8.69. The first kappa shape index (κ1) is 19.8. The molecule has 150 valence electrons. The number of fused-ring (bicyclic) bond motifs is 1. The predicted molar refractivity (Wildman–Crippen MR) is 92.8 cm³/mol. The number of carbonyl (C=O) groups is 1. The highest BCUT2D eigenvalue weighted by atomic mass is 32.2. The van der Waals surface area contributed by atoms with Gasteiger partial charge in [0.2, 0.25) is 5.91 Å². The Morgan fingerprint density at radius 3 is 2.41 bits per heavy atom. The average molecular weight is 405 g/mol. The van der Waals surface area contributed by atoms with E-state index in [1.54, 1.807) is 0 Å². The first-order valence-corrected chi connectivity index (χ1v) is 9.90. The zero-order valence-corrected chi connectivity index (χ0v) is 15.7. The summed E-state index contributed by atoms with van der Waals surface area (Å²) >= 11 is 0. The van der Waals surface area contributed by atoms with Gasteiger partial charge in [0.1, 0.15) is 0 Å². The number of rotatable bonds is 5. The molecule has 0 aromatic heterocycles. The van der Waals surface area contributed by atoms with Crippen LogP contribution >= 0.6 is 0 Å². The number of hydrogen-bond donors (Lipinski definition) is 2. The van der Waals surface area contributed by atoms with E-state index in [0.29, 0.717) is 31.4 Å². The molecule has 0 radical (unpaired) electrons. The maximum Gasteiger partial charge on any atom is 0.586 e. The number of alkyl halides is 2. The molecule has 2 aliphatic rings. The maximum absolute atomic E-state index is 13.0. The number of nitrogens with one attached hydrogen (secondary N) is 2. The molecule has 1 heterocycles. The van der Waals surface area contributed by atoms with E-state index in [9.17, 15) is 22.0 Å². The van der Waals surface area contributed by atoms with Crippen LogP contribution in [0.4, 0.5) is 14.5 Å². The molecule has 27 heavy (non-hydrogen) atoms. The van der Waals surface area contributed by atoms with E-state index < -0.39 is 16.5 Å². The Morgan fingerprint density at radius 1 is 1.15 bits per heavy atom. The molecule has 1 aliphatic carbocycles. The average Bonchev–Trinajstić information content (AvgIpc) is 2.88.